The van der Waals surface area contributed by atoms with Crippen LogP contribution in [0.5, 0.6) is 5.75 Å². The van der Waals surface area contributed by atoms with Gasteiger partial charge in [0.2, 0.25) is 0 Å². The number of fused-ring (bicyclic) bond motifs is 1. The maximum absolute atomic E-state index is 13.1. The van der Waals surface area contributed by atoms with Crippen LogP contribution in [0, 0.1) is 0 Å². The summed E-state index contributed by atoms with van der Waals surface area (Å²) in [6.45, 7) is 14.4. The van der Waals surface area contributed by atoms with Gasteiger partial charge in [-0.2, -0.15) is 4.90 Å². The molecule has 2 aromatic heterocycles. The fourth-order valence-corrected chi connectivity index (χ4v) is 3.85. The molecule has 0 aliphatic rings. The summed E-state index contributed by atoms with van der Waals surface area (Å²) in [6, 6.07) is 5.01. The van der Waals surface area contributed by atoms with E-state index in [2.05, 4.69) is 16.5 Å². The number of nitrogens with zero attached hydrogens (tertiary/aromatic N) is 4. The van der Waals surface area contributed by atoms with Crippen molar-refractivity contribution in [2.24, 2.45) is 0 Å². The number of amides is 2. The molecule has 3 aromatic rings. The van der Waals surface area contributed by atoms with Gasteiger partial charge in [0.15, 0.2) is 5.82 Å². The minimum absolute atomic E-state index is 0.0231. The summed E-state index contributed by atoms with van der Waals surface area (Å²) < 4.78 is 18.5. The van der Waals surface area contributed by atoms with Gasteiger partial charge in [-0.05, 0) is 59.7 Å². The molecule has 0 saturated carbocycles. The summed E-state index contributed by atoms with van der Waals surface area (Å²) >= 11 is 12.7. The molecule has 0 N–H and O–H groups in total. The molecule has 0 atom stereocenters. The molecule has 2 amide bonds. The predicted octanol–water partition coefficient (Wildman–Crippen LogP) is 7.03. The average Bonchev–Trinajstić information content (AvgIpc) is 3.15. The third-order valence-electron chi connectivity index (χ3n) is 4.69. The molecule has 2 heterocycles. The van der Waals surface area contributed by atoms with Crippen LogP contribution in [0.3, 0.4) is 0 Å². The Hall–Kier alpha value is -3.30. The summed E-state index contributed by atoms with van der Waals surface area (Å²) in [5, 5.41) is 0.840. The second-order valence-corrected chi connectivity index (χ2v) is 11.0. The van der Waals surface area contributed by atoms with Crippen LogP contribution in [0.1, 0.15) is 47.1 Å². The quantitative estimate of drug-likeness (QED) is 0.305. The number of benzene rings is 1. The lowest BCUT2D eigenvalue weighted by Crippen LogP contribution is -2.44. The number of hydrogen-bond acceptors (Lipinski definition) is 7. The largest absolute Gasteiger partial charge is 0.489 e. The average molecular weight is 549 g/mol. The van der Waals surface area contributed by atoms with E-state index in [0.717, 1.165) is 4.90 Å². The van der Waals surface area contributed by atoms with E-state index in [1.165, 1.54) is 6.20 Å². The molecule has 1 aromatic carbocycles. The van der Waals surface area contributed by atoms with Gasteiger partial charge in [0, 0.05) is 16.8 Å². The molecular weight excluding hydrogens is 519 g/mol. The smallest absolute Gasteiger partial charge is 0.425 e. The highest BCUT2D eigenvalue weighted by molar-refractivity contribution is 6.35. The van der Waals surface area contributed by atoms with Gasteiger partial charge in [-0.3, -0.25) is 0 Å². The lowest BCUT2D eigenvalue weighted by molar-refractivity contribution is 0.0429. The number of anilines is 1. The Balaban J connectivity index is 2.09. The maximum Gasteiger partial charge on any atom is 0.425 e. The number of carbonyl (C=O) groups is 2. The molecule has 0 saturated heterocycles. The van der Waals surface area contributed by atoms with E-state index in [1.54, 1.807) is 76.7 Å². The molecule has 0 radical (unpaired) electrons. The van der Waals surface area contributed by atoms with Crippen LogP contribution in [0.25, 0.3) is 11.0 Å². The van der Waals surface area contributed by atoms with Crippen LogP contribution in [0.2, 0.25) is 10.0 Å². The molecular formula is C26H30Cl2N4O5. The van der Waals surface area contributed by atoms with Crippen molar-refractivity contribution in [3.63, 3.8) is 0 Å². The number of halogens is 2. The van der Waals surface area contributed by atoms with Crippen LogP contribution in [-0.2, 0) is 16.0 Å². The topological polar surface area (TPSA) is 95.8 Å². The number of imidazole rings is 1. The van der Waals surface area contributed by atoms with Gasteiger partial charge in [-0.15, -0.1) is 0 Å². The fourth-order valence-electron chi connectivity index (χ4n) is 3.31. The first-order valence-corrected chi connectivity index (χ1v) is 12.2. The number of ether oxygens (including phenoxy) is 3. The van der Waals surface area contributed by atoms with Gasteiger partial charge in [0.25, 0.3) is 0 Å². The number of imide groups is 1. The zero-order valence-electron chi connectivity index (χ0n) is 21.7. The molecule has 0 unspecified atom stereocenters. The maximum atomic E-state index is 13.1. The number of aromatic nitrogens is 3. The van der Waals surface area contributed by atoms with Crippen molar-refractivity contribution >= 4 is 52.2 Å². The Morgan fingerprint density at radius 1 is 1.05 bits per heavy atom. The number of pyridine rings is 1. The Morgan fingerprint density at radius 2 is 1.68 bits per heavy atom. The summed E-state index contributed by atoms with van der Waals surface area (Å²) in [7, 11) is 0. The highest BCUT2D eigenvalue weighted by atomic mass is 35.5. The number of carbonyl (C=O) groups excluding carboxylic acids is 2. The van der Waals surface area contributed by atoms with Gasteiger partial charge >= 0.3 is 12.2 Å². The molecule has 0 bridgehead atoms. The molecule has 9 nitrogen and oxygen atoms in total. The molecule has 11 heteroatoms. The standard InChI is InChI=1S/C26H30Cl2N4O5/c1-8-11-35-20-13-16(27)12-18(28)17(20)14-31-15-30-21-19(31)9-10-29-22(21)32(23(33)36-25(2,3)4)24(34)37-26(5,6)7/h8-10,12-13,15H,1,11,14H2,2-7H3. The summed E-state index contributed by atoms with van der Waals surface area (Å²) in [5.41, 5.74) is -0.183. The van der Waals surface area contributed by atoms with E-state index in [0.29, 0.717) is 26.9 Å². The van der Waals surface area contributed by atoms with Crippen LogP contribution < -0.4 is 9.64 Å². The van der Waals surface area contributed by atoms with Crippen molar-refractivity contribution < 1.29 is 23.8 Å². The molecule has 0 aliphatic heterocycles. The van der Waals surface area contributed by atoms with Crippen LogP contribution >= 0.6 is 23.2 Å². The third kappa shape index (κ3) is 7.14. The van der Waals surface area contributed by atoms with Crippen molar-refractivity contribution in [3.05, 3.63) is 59.0 Å². The van der Waals surface area contributed by atoms with E-state index in [-0.39, 0.29) is 24.5 Å². The first kappa shape index (κ1) is 28.3. The monoisotopic (exact) mass is 548 g/mol. The van der Waals surface area contributed by atoms with E-state index in [1.807, 2.05) is 0 Å². The summed E-state index contributed by atoms with van der Waals surface area (Å²) in [4.78, 5) is 35.7. The SMILES string of the molecule is C=CCOc1cc(Cl)cc(Cl)c1Cn1cnc2c(N(C(=O)OC(C)(C)C)C(=O)OC(C)(C)C)nccc21. The summed E-state index contributed by atoms with van der Waals surface area (Å²) in [6.07, 6.45) is 2.77. The van der Waals surface area contributed by atoms with Gasteiger partial charge in [0.05, 0.1) is 23.4 Å². The highest BCUT2D eigenvalue weighted by Gasteiger charge is 2.35. The lowest BCUT2D eigenvalue weighted by Gasteiger charge is -2.28. The summed E-state index contributed by atoms with van der Waals surface area (Å²) in [5.74, 6) is 0.475. The third-order valence-corrected chi connectivity index (χ3v) is 5.24. The van der Waals surface area contributed by atoms with Crippen molar-refractivity contribution in [3.8, 4) is 5.75 Å². The zero-order valence-corrected chi connectivity index (χ0v) is 23.2. The Morgan fingerprint density at radius 3 is 2.24 bits per heavy atom. The number of rotatable bonds is 6. The van der Waals surface area contributed by atoms with Gasteiger partial charge in [-0.25, -0.2) is 19.6 Å². The normalized spacial score (nSPS) is 11.8. The molecule has 0 spiro atoms. The number of hydrogen-bond donors (Lipinski definition) is 0. The van der Waals surface area contributed by atoms with Gasteiger partial charge in [-0.1, -0.05) is 35.9 Å². The van der Waals surface area contributed by atoms with E-state index in [9.17, 15) is 9.59 Å². The second kappa shape index (κ2) is 11.0. The first-order valence-electron chi connectivity index (χ1n) is 11.5. The lowest BCUT2D eigenvalue weighted by atomic mass is 10.2. The molecule has 37 heavy (non-hydrogen) atoms. The predicted molar refractivity (Wildman–Crippen MR) is 144 cm³/mol. The van der Waals surface area contributed by atoms with E-state index >= 15 is 0 Å². The Bertz CT molecular complexity index is 1300. The molecule has 0 aliphatic carbocycles. The minimum atomic E-state index is -0.933. The molecule has 3 rings (SSSR count). The fraction of sp³-hybridized carbons (Fsp3) is 0.385. The molecule has 0 fully saturated rings. The van der Waals surface area contributed by atoms with Gasteiger partial charge in [0.1, 0.15) is 29.1 Å². The van der Waals surface area contributed by atoms with Crippen LogP contribution in [0.15, 0.2) is 43.4 Å². The first-order chi connectivity index (χ1) is 17.2. The minimum Gasteiger partial charge on any atom is -0.489 e. The van der Waals surface area contributed by atoms with E-state index in [4.69, 9.17) is 37.4 Å². The zero-order chi connectivity index (χ0) is 27.5. The van der Waals surface area contributed by atoms with Crippen molar-refractivity contribution in [2.75, 3.05) is 11.5 Å². The van der Waals surface area contributed by atoms with Gasteiger partial charge < -0.3 is 18.8 Å². The molecule has 198 valence electrons. The van der Waals surface area contributed by atoms with Crippen molar-refractivity contribution in [2.45, 2.75) is 59.3 Å². The van der Waals surface area contributed by atoms with Crippen LogP contribution in [-0.4, -0.2) is 44.5 Å². The Kier molecular flexibility index (Phi) is 8.39. The van der Waals surface area contributed by atoms with Crippen molar-refractivity contribution in [1.29, 1.82) is 0 Å². The van der Waals surface area contributed by atoms with E-state index < -0.39 is 23.4 Å². The Labute approximate surface area is 225 Å². The second-order valence-electron chi connectivity index (χ2n) is 10.1. The van der Waals surface area contributed by atoms with Crippen molar-refractivity contribution in [1.82, 2.24) is 14.5 Å². The van der Waals surface area contributed by atoms with Crippen LogP contribution in [0.4, 0.5) is 15.4 Å². The highest BCUT2D eigenvalue weighted by Crippen LogP contribution is 2.33.